The molecule has 4 aromatic rings. The second-order valence-corrected chi connectivity index (χ2v) is 8.95. The van der Waals surface area contributed by atoms with Crippen molar-refractivity contribution < 1.29 is 0 Å². The van der Waals surface area contributed by atoms with Crippen LogP contribution in [0.15, 0.2) is 85.2 Å². The Bertz CT molecular complexity index is 1550. The van der Waals surface area contributed by atoms with Crippen molar-refractivity contribution in [3.05, 3.63) is 103 Å². The number of nitrogens with one attached hydrogen (secondary N) is 2. The van der Waals surface area contributed by atoms with Crippen LogP contribution in [-0.4, -0.2) is 55.0 Å². The molecule has 5 heterocycles. The summed E-state index contributed by atoms with van der Waals surface area (Å²) in [5, 5.41) is 7.71. The summed E-state index contributed by atoms with van der Waals surface area (Å²) in [5.74, 6) is 0.798. The van der Waals surface area contributed by atoms with E-state index in [9.17, 15) is 0 Å². The maximum Gasteiger partial charge on any atom is 0.135 e. The molecule has 0 spiro atoms. The number of hydrogen-bond donors (Lipinski definition) is 3. The zero-order valence-corrected chi connectivity index (χ0v) is 21.1. The van der Waals surface area contributed by atoms with E-state index in [0.29, 0.717) is 0 Å². The zero-order valence-electron chi connectivity index (χ0n) is 21.1. The van der Waals surface area contributed by atoms with Crippen LogP contribution in [0.4, 0.5) is 0 Å². The van der Waals surface area contributed by atoms with Crippen LogP contribution in [0.5, 0.6) is 0 Å². The summed E-state index contributed by atoms with van der Waals surface area (Å²) < 4.78 is 0. The van der Waals surface area contributed by atoms with Gasteiger partial charge in [0.2, 0.25) is 0 Å². The van der Waals surface area contributed by atoms with Crippen molar-refractivity contribution in [1.29, 1.82) is 0 Å². The van der Waals surface area contributed by atoms with Crippen molar-refractivity contribution in [3.63, 3.8) is 0 Å². The van der Waals surface area contributed by atoms with Gasteiger partial charge in [0.15, 0.2) is 0 Å². The lowest BCUT2D eigenvalue weighted by molar-refractivity contribution is 0.256. The molecular formula is C29H30N8. The third kappa shape index (κ3) is 4.66. The van der Waals surface area contributed by atoms with Crippen LogP contribution in [0.2, 0.25) is 0 Å². The molecule has 0 atom stereocenters. The van der Waals surface area contributed by atoms with E-state index in [4.69, 9.17) is 15.7 Å². The van der Waals surface area contributed by atoms with E-state index >= 15 is 0 Å². The molecule has 1 fully saturated rings. The largest absolute Gasteiger partial charge is 0.357 e. The number of H-pyrrole nitrogens is 2. The minimum absolute atomic E-state index is 0.178. The van der Waals surface area contributed by atoms with Crippen LogP contribution in [0, 0.1) is 6.92 Å². The molecule has 0 amide bonds. The van der Waals surface area contributed by atoms with Crippen molar-refractivity contribution in [1.82, 2.24) is 30.0 Å². The first kappa shape index (κ1) is 24.1. The fourth-order valence-corrected chi connectivity index (χ4v) is 4.52. The average molecular weight is 491 g/mol. The van der Waals surface area contributed by atoms with Gasteiger partial charge >= 0.3 is 0 Å². The van der Waals surface area contributed by atoms with Crippen molar-refractivity contribution >= 4 is 28.1 Å². The molecule has 0 saturated carbocycles. The molecule has 8 heteroatoms. The Hall–Kier alpha value is -4.56. The Morgan fingerprint density at radius 3 is 2.65 bits per heavy atom. The van der Waals surface area contributed by atoms with Crippen LogP contribution >= 0.6 is 0 Å². The van der Waals surface area contributed by atoms with Gasteiger partial charge in [0.05, 0.1) is 22.6 Å². The average Bonchev–Trinajstić information content (AvgIpc) is 3.49. The van der Waals surface area contributed by atoms with Crippen LogP contribution in [-0.2, 0) is 0 Å². The molecule has 8 nitrogen and oxygen atoms in total. The zero-order chi connectivity index (χ0) is 25.9. The quantitative estimate of drug-likeness (QED) is 0.195. The number of likely N-dealkylation sites (tertiary alicyclic amines) is 1. The highest BCUT2D eigenvalue weighted by atomic mass is 15.3. The minimum atomic E-state index is 0.178. The third-order valence-electron chi connectivity index (χ3n) is 6.43. The van der Waals surface area contributed by atoms with Gasteiger partial charge in [-0.3, -0.25) is 10.1 Å². The fraction of sp³-hybridized carbons (Fsp3) is 0.172. The lowest BCUT2D eigenvalue weighted by Crippen LogP contribution is -2.57. The first-order valence-corrected chi connectivity index (χ1v) is 12.2. The molecule has 4 aromatic heterocycles. The lowest BCUT2D eigenvalue weighted by atomic mass is 9.98. The molecule has 1 aliphatic heterocycles. The molecule has 5 rings (SSSR count). The monoisotopic (exact) mass is 490 g/mol. The number of pyridine rings is 2. The lowest BCUT2D eigenvalue weighted by Gasteiger charge is -2.38. The van der Waals surface area contributed by atoms with Gasteiger partial charge < -0.3 is 15.6 Å². The maximum absolute atomic E-state index is 5.96. The second kappa shape index (κ2) is 10.2. The van der Waals surface area contributed by atoms with E-state index < -0.39 is 0 Å². The molecule has 1 aliphatic rings. The summed E-state index contributed by atoms with van der Waals surface area (Å²) in [7, 11) is 0. The number of aryl methyl sites for hydroxylation is 1. The summed E-state index contributed by atoms with van der Waals surface area (Å²) >= 11 is 0. The van der Waals surface area contributed by atoms with Gasteiger partial charge in [0.25, 0.3) is 0 Å². The number of nitrogens with zero attached hydrogens (tertiary/aromatic N) is 5. The third-order valence-corrected chi connectivity index (χ3v) is 6.43. The SMILES string of the molecule is C=C/C=C(/c1ccncc1)c1cc(-c2n[nH]c3ccc(/C(=C/C)N=C(C=C)N4CC(N)C4)nc23)[nH]c1C. The van der Waals surface area contributed by atoms with Gasteiger partial charge in [0, 0.05) is 42.8 Å². The van der Waals surface area contributed by atoms with E-state index in [2.05, 4.69) is 51.2 Å². The predicted molar refractivity (Wildman–Crippen MR) is 151 cm³/mol. The predicted octanol–water partition coefficient (Wildman–Crippen LogP) is 4.86. The number of nitrogens with two attached hydrogens (primary N) is 1. The van der Waals surface area contributed by atoms with Crippen LogP contribution in [0.25, 0.3) is 33.7 Å². The molecule has 186 valence electrons. The summed E-state index contributed by atoms with van der Waals surface area (Å²) in [4.78, 5) is 19.6. The molecule has 4 N–H and O–H groups in total. The van der Waals surface area contributed by atoms with Gasteiger partial charge in [-0.1, -0.05) is 31.4 Å². The van der Waals surface area contributed by atoms with Gasteiger partial charge in [-0.05, 0) is 61.4 Å². The number of aliphatic imine (C=N–C) groups is 1. The van der Waals surface area contributed by atoms with E-state index in [1.54, 1.807) is 24.5 Å². The summed E-state index contributed by atoms with van der Waals surface area (Å²) in [6.45, 7) is 13.4. The van der Waals surface area contributed by atoms with Crippen molar-refractivity contribution in [2.75, 3.05) is 13.1 Å². The Balaban J connectivity index is 1.54. The number of amidine groups is 1. The number of aromatic nitrogens is 5. The Kier molecular flexibility index (Phi) is 6.66. The van der Waals surface area contributed by atoms with E-state index in [1.807, 2.05) is 43.3 Å². The number of aromatic amines is 2. The molecular weight excluding hydrogens is 460 g/mol. The fourth-order valence-electron chi connectivity index (χ4n) is 4.52. The first-order chi connectivity index (χ1) is 18.0. The minimum Gasteiger partial charge on any atom is -0.357 e. The normalized spacial score (nSPS) is 15.2. The topological polar surface area (TPSA) is 112 Å². The molecule has 0 radical (unpaired) electrons. The van der Waals surface area contributed by atoms with E-state index in [1.165, 1.54) is 0 Å². The molecule has 0 aliphatic carbocycles. The molecule has 1 saturated heterocycles. The smallest absolute Gasteiger partial charge is 0.135 e. The second-order valence-electron chi connectivity index (χ2n) is 8.95. The van der Waals surface area contributed by atoms with Gasteiger partial charge in [-0.15, -0.1) is 0 Å². The molecule has 37 heavy (non-hydrogen) atoms. The van der Waals surface area contributed by atoms with Gasteiger partial charge in [-0.25, -0.2) is 9.98 Å². The highest BCUT2D eigenvalue weighted by Gasteiger charge is 2.25. The molecule has 0 unspecified atom stereocenters. The van der Waals surface area contributed by atoms with Gasteiger partial charge in [0.1, 0.15) is 17.0 Å². The van der Waals surface area contributed by atoms with E-state index in [0.717, 1.165) is 75.1 Å². The highest BCUT2D eigenvalue weighted by Crippen LogP contribution is 2.32. The Labute approximate surface area is 216 Å². The summed E-state index contributed by atoms with van der Waals surface area (Å²) in [6, 6.07) is 10.2. The highest BCUT2D eigenvalue weighted by molar-refractivity contribution is 5.97. The number of rotatable bonds is 7. The van der Waals surface area contributed by atoms with Crippen molar-refractivity contribution in [2.24, 2.45) is 10.7 Å². The number of allylic oxidation sites excluding steroid dienone is 3. The maximum atomic E-state index is 5.96. The van der Waals surface area contributed by atoms with Crippen LogP contribution < -0.4 is 5.73 Å². The molecule has 0 aromatic carbocycles. The number of hydrogen-bond acceptors (Lipinski definition) is 5. The van der Waals surface area contributed by atoms with E-state index in [-0.39, 0.29) is 6.04 Å². The Morgan fingerprint density at radius 1 is 1.19 bits per heavy atom. The summed E-state index contributed by atoms with van der Waals surface area (Å²) in [6.07, 6.45) is 11.1. The Morgan fingerprint density at radius 2 is 1.97 bits per heavy atom. The van der Waals surface area contributed by atoms with Gasteiger partial charge in [-0.2, -0.15) is 5.10 Å². The van der Waals surface area contributed by atoms with Crippen LogP contribution in [0.1, 0.15) is 29.4 Å². The number of fused-ring (bicyclic) bond motifs is 1. The summed E-state index contributed by atoms with van der Waals surface area (Å²) in [5.41, 5.74) is 14.9. The first-order valence-electron chi connectivity index (χ1n) is 12.2. The van der Waals surface area contributed by atoms with Crippen molar-refractivity contribution in [2.45, 2.75) is 19.9 Å². The van der Waals surface area contributed by atoms with Crippen molar-refractivity contribution in [3.8, 4) is 11.4 Å². The standard InChI is InChI=1S/C29H30N8/c1-5-8-21(19-11-13-31-14-12-19)22-15-26(32-18(22)4)29-28-25(35-36-29)10-9-24(34-28)23(6-2)33-27(7-3)37-16-20(30)17-37/h5-15,20,32H,1,3,16-17,30H2,2,4H3,(H,35,36)/b21-8-,23-6-,33-27?. The van der Waals surface area contributed by atoms with Crippen LogP contribution in [0.3, 0.4) is 0 Å². The molecule has 0 bridgehead atoms.